The number of rotatable bonds is 1. The van der Waals surface area contributed by atoms with Crippen molar-refractivity contribution in [2.45, 2.75) is 20.5 Å². The fourth-order valence-electron chi connectivity index (χ4n) is 1.64. The predicted molar refractivity (Wildman–Crippen MR) is 58.6 cm³/mol. The van der Waals surface area contributed by atoms with E-state index in [1.54, 1.807) is 0 Å². The molecule has 1 heteroatoms. The van der Waals surface area contributed by atoms with Gasteiger partial charge in [0.2, 0.25) is 0 Å². The molecule has 1 aromatic carbocycles. The van der Waals surface area contributed by atoms with Crippen molar-refractivity contribution in [1.82, 2.24) is 0 Å². The van der Waals surface area contributed by atoms with Crippen LogP contribution in [0.5, 0.6) is 0 Å². The van der Waals surface area contributed by atoms with Crippen molar-refractivity contribution in [1.29, 1.82) is 0 Å². The Morgan fingerprint density at radius 1 is 1.29 bits per heavy atom. The Balaban J connectivity index is 2.45. The number of allylic oxidation sites excluding steroid dienone is 3. The summed E-state index contributed by atoms with van der Waals surface area (Å²) in [4.78, 5) is 0. The Morgan fingerprint density at radius 2 is 2.07 bits per heavy atom. The highest BCUT2D eigenvalue weighted by Gasteiger charge is 2.10. The summed E-state index contributed by atoms with van der Waals surface area (Å²) >= 11 is 0. The van der Waals surface area contributed by atoms with E-state index in [9.17, 15) is 0 Å². The molecule has 0 aromatic heterocycles. The van der Waals surface area contributed by atoms with Crippen LogP contribution in [0.2, 0.25) is 0 Å². The smallest absolute Gasteiger partial charge is 0.113 e. The molecule has 0 unspecified atom stereocenters. The SMILES string of the molecule is CC(C)=CC1=COCc2ccccc21. The number of fused-ring (bicyclic) bond motifs is 1. The fourth-order valence-corrected chi connectivity index (χ4v) is 1.64. The molecule has 1 nitrogen and oxygen atoms in total. The van der Waals surface area contributed by atoms with Gasteiger partial charge in [0.25, 0.3) is 0 Å². The normalized spacial score (nSPS) is 13.7. The average Bonchev–Trinajstić information content (AvgIpc) is 2.18. The Kier molecular flexibility index (Phi) is 2.40. The lowest BCUT2D eigenvalue weighted by atomic mass is 9.98. The molecular weight excluding hydrogens is 172 g/mol. The van der Waals surface area contributed by atoms with E-state index in [1.165, 1.54) is 22.3 Å². The Bertz CT molecular complexity index is 395. The summed E-state index contributed by atoms with van der Waals surface area (Å²) in [5.74, 6) is 0. The molecule has 1 heterocycles. The minimum absolute atomic E-state index is 0.691. The molecule has 0 fully saturated rings. The van der Waals surface area contributed by atoms with Crippen molar-refractivity contribution in [3.8, 4) is 0 Å². The zero-order chi connectivity index (χ0) is 9.97. The van der Waals surface area contributed by atoms with Crippen LogP contribution in [0.3, 0.4) is 0 Å². The molecular formula is C13H14O. The fraction of sp³-hybridized carbons (Fsp3) is 0.231. The minimum atomic E-state index is 0.691. The molecule has 0 saturated carbocycles. The van der Waals surface area contributed by atoms with E-state index in [2.05, 4.69) is 38.1 Å². The molecule has 0 radical (unpaired) electrons. The molecule has 1 aromatic rings. The van der Waals surface area contributed by atoms with Gasteiger partial charge in [-0.1, -0.05) is 35.9 Å². The lowest BCUT2D eigenvalue weighted by Crippen LogP contribution is -2.00. The number of ether oxygens (including phenoxy) is 1. The van der Waals surface area contributed by atoms with E-state index in [0.717, 1.165) is 0 Å². The highest BCUT2D eigenvalue weighted by molar-refractivity contribution is 5.76. The Labute approximate surface area is 84.7 Å². The average molecular weight is 186 g/mol. The summed E-state index contributed by atoms with van der Waals surface area (Å²) in [7, 11) is 0. The lowest BCUT2D eigenvalue weighted by molar-refractivity contribution is 0.233. The molecule has 1 aliphatic rings. The Morgan fingerprint density at radius 3 is 2.86 bits per heavy atom. The van der Waals surface area contributed by atoms with Crippen LogP contribution in [-0.2, 0) is 11.3 Å². The molecule has 2 rings (SSSR count). The maximum Gasteiger partial charge on any atom is 0.113 e. The van der Waals surface area contributed by atoms with E-state index >= 15 is 0 Å². The van der Waals surface area contributed by atoms with Crippen molar-refractivity contribution in [3.63, 3.8) is 0 Å². The third-order valence-corrected chi connectivity index (χ3v) is 2.22. The second-order valence-corrected chi connectivity index (χ2v) is 3.76. The van der Waals surface area contributed by atoms with Crippen LogP contribution >= 0.6 is 0 Å². The topological polar surface area (TPSA) is 9.23 Å². The van der Waals surface area contributed by atoms with Gasteiger partial charge in [0.15, 0.2) is 0 Å². The molecule has 0 amide bonds. The molecule has 1 aliphatic heterocycles. The van der Waals surface area contributed by atoms with Gasteiger partial charge < -0.3 is 4.74 Å². The highest BCUT2D eigenvalue weighted by atomic mass is 16.5. The van der Waals surface area contributed by atoms with Gasteiger partial charge in [-0.05, 0) is 25.0 Å². The first-order valence-corrected chi connectivity index (χ1v) is 4.82. The first-order chi connectivity index (χ1) is 6.77. The summed E-state index contributed by atoms with van der Waals surface area (Å²) in [6, 6.07) is 8.37. The third kappa shape index (κ3) is 1.72. The quantitative estimate of drug-likeness (QED) is 0.652. The second-order valence-electron chi connectivity index (χ2n) is 3.76. The number of hydrogen-bond donors (Lipinski definition) is 0. The molecule has 0 N–H and O–H groups in total. The van der Waals surface area contributed by atoms with Gasteiger partial charge in [-0.25, -0.2) is 0 Å². The van der Waals surface area contributed by atoms with Crippen molar-refractivity contribution >= 4 is 5.57 Å². The van der Waals surface area contributed by atoms with Gasteiger partial charge in [-0.2, -0.15) is 0 Å². The Hall–Kier alpha value is -1.50. The maximum absolute atomic E-state index is 5.40. The van der Waals surface area contributed by atoms with Crippen molar-refractivity contribution in [2.75, 3.05) is 0 Å². The zero-order valence-electron chi connectivity index (χ0n) is 8.58. The van der Waals surface area contributed by atoms with Gasteiger partial charge in [-0.15, -0.1) is 0 Å². The summed E-state index contributed by atoms with van der Waals surface area (Å²) in [6.07, 6.45) is 3.99. The first-order valence-electron chi connectivity index (χ1n) is 4.82. The molecule has 72 valence electrons. The summed E-state index contributed by atoms with van der Waals surface area (Å²) < 4.78 is 5.40. The summed E-state index contributed by atoms with van der Waals surface area (Å²) in [6.45, 7) is 4.88. The number of hydrogen-bond acceptors (Lipinski definition) is 1. The van der Waals surface area contributed by atoms with Gasteiger partial charge in [0, 0.05) is 5.57 Å². The molecule has 0 spiro atoms. The van der Waals surface area contributed by atoms with Gasteiger partial charge >= 0.3 is 0 Å². The number of benzene rings is 1. The van der Waals surface area contributed by atoms with Gasteiger partial charge in [0.1, 0.15) is 6.61 Å². The largest absolute Gasteiger partial charge is 0.496 e. The standard InChI is InChI=1S/C13H14O/c1-10(2)7-12-9-14-8-11-5-3-4-6-13(11)12/h3-7,9H,8H2,1-2H3. The van der Waals surface area contributed by atoms with Crippen molar-refractivity contribution < 1.29 is 4.74 Å². The van der Waals surface area contributed by atoms with E-state index in [4.69, 9.17) is 4.74 Å². The minimum Gasteiger partial charge on any atom is -0.496 e. The second kappa shape index (κ2) is 3.70. The highest BCUT2D eigenvalue weighted by Crippen LogP contribution is 2.26. The van der Waals surface area contributed by atoms with Crippen LogP contribution < -0.4 is 0 Å². The molecule has 0 saturated heterocycles. The summed E-state index contributed by atoms with van der Waals surface area (Å²) in [5.41, 5.74) is 5.02. The van der Waals surface area contributed by atoms with E-state index < -0.39 is 0 Å². The zero-order valence-corrected chi connectivity index (χ0v) is 8.58. The van der Waals surface area contributed by atoms with E-state index in [1.807, 2.05) is 12.3 Å². The van der Waals surface area contributed by atoms with Crippen LogP contribution in [0.4, 0.5) is 0 Å². The monoisotopic (exact) mass is 186 g/mol. The third-order valence-electron chi connectivity index (χ3n) is 2.22. The molecule has 0 atom stereocenters. The van der Waals surface area contributed by atoms with Crippen LogP contribution in [0.25, 0.3) is 5.57 Å². The van der Waals surface area contributed by atoms with Crippen LogP contribution in [0, 0.1) is 0 Å². The molecule has 14 heavy (non-hydrogen) atoms. The maximum atomic E-state index is 5.40. The first kappa shape index (κ1) is 9.07. The van der Waals surface area contributed by atoms with Crippen LogP contribution in [0.15, 0.2) is 42.2 Å². The van der Waals surface area contributed by atoms with Crippen molar-refractivity contribution in [2.24, 2.45) is 0 Å². The van der Waals surface area contributed by atoms with Crippen LogP contribution in [-0.4, -0.2) is 0 Å². The predicted octanol–water partition coefficient (Wildman–Crippen LogP) is 3.52. The van der Waals surface area contributed by atoms with Gasteiger partial charge in [0.05, 0.1) is 6.26 Å². The van der Waals surface area contributed by atoms with Crippen molar-refractivity contribution in [3.05, 3.63) is 53.3 Å². The van der Waals surface area contributed by atoms with E-state index in [0.29, 0.717) is 6.61 Å². The lowest BCUT2D eigenvalue weighted by Gasteiger charge is -2.16. The van der Waals surface area contributed by atoms with Gasteiger partial charge in [-0.3, -0.25) is 0 Å². The van der Waals surface area contributed by atoms with Crippen LogP contribution in [0.1, 0.15) is 25.0 Å². The molecule has 0 bridgehead atoms. The summed E-state index contributed by atoms with van der Waals surface area (Å²) in [5, 5.41) is 0. The van der Waals surface area contributed by atoms with E-state index in [-0.39, 0.29) is 0 Å². The molecule has 0 aliphatic carbocycles.